The predicted octanol–water partition coefficient (Wildman–Crippen LogP) is 6.00. The van der Waals surface area contributed by atoms with Gasteiger partial charge >= 0.3 is 6.03 Å². The second kappa shape index (κ2) is 16.2. The number of piperazine rings is 1. The second-order valence-electron chi connectivity index (χ2n) is 13.3. The molecule has 276 valence electrons. The van der Waals surface area contributed by atoms with Gasteiger partial charge in [0.15, 0.2) is 0 Å². The number of rotatable bonds is 12. The first-order chi connectivity index (χ1) is 24.1. The molecule has 2 heterocycles. The highest BCUT2D eigenvalue weighted by Gasteiger charge is 2.45. The second-order valence-corrected chi connectivity index (χ2v) is 18.5. The zero-order chi connectivity index (χ0) is 37.1. The lowest BCUT2D eigenvalue weighted by atomic mass is 9.93. The van der Waals surface area contributed by atoms with E-state index in [0.29, 0.717) is 67.2 Å². The third-order valence-corrected chi connectivity index (χ3v) is 12.2. The Morgan fingerprint density at radius 2 is 1.51 bits per heavy atom. The van der Waals surface area contributed by atoms with Crippen LogP contribution in [0.15, 0.2) is 76.6 Å². The van der Waals surface area contributed by atoms with Crippen LogP contribution in [0.1, 0.15) is 49.5 Å². The van der Waals surface area contributed by atoms with Crippen molar-refractivity contribution in [3.05, 3.63) is 93.5 Å². The van der Waals surface area contributed by atoms with Crippen molar-refractivity contribution in [1.29, 1.82) is 0 Å². The quantitative estimate of drug-likeness (QED) is 0.222. The van der Waals surface area contributed by atoms with Gasteiger partial charge in [-0.2, -0.15) is 0 Å². The van der Waals surface area contributed by atoms with Crippen molar-refractivity contribution in [3.8, 4) is 5.75 Å². The first-order valence-electron chi connectivity index (χ1n) is 16.9. The van der Waals surface area contributed by atoms with Gasteiger partial charge in [-0.15, -0.1) is 0 Å². The standard InChI is InChI=1S/C36H45Cl2N5O6S2/c1-6-49-32-16-15-30(51(47,48)40(4)24-25(2)3)23-31(32)35-39-33(26-7-11-28(37)12-8-26)34(27-9-13-29(38)14-10-27)43(35)36(44)42-19-17-41(18-20-42)21-22-50(5,45)46/h7-16,23,25,33-34H,6,17-22,24H2,1-5H3. The summed E-state index contributed by atoms with van der Waals surface area (Å²) in [7, 11) is -5.49. The highest BCUT2D eigenvalue weighted by molar-refractivity contribution is 7.90. The van der Waals surface area contributed by atoms with Crippen LogP contribution in [0.25, 0.3) is 0 Å². The summed E-state index contributed by atoms with van der Waals surface area (Å²) >= 11 is 12.6. The molecule has 2 unspecified atom stereocenters. The van der Waals surface area contributed by atoms with Gasteiger partial charge in [0.05, 0.1) is 28.9 Å². The molecule has 0 aliphatic carbocycles. The molecule has 2 atom stereocenters. The maximum atomic E-state index is 14.9. The van der Waals surface area contributed by atoms with E-state index in [-0.39, 0.29) is 28.4 Å². The van der Waals surface area contributed by atoms with Crippen molar-refractivity contribution in [3.63, 3.8) is 0 Å². The lowest BCUT2D eigenvalue weighted by molar-refractivity contribution is 0.122. The molecule has 3 aromatic rings. The van der Waals surface area contributed by atoms with Gasteiger partial charge in [0.1, 0.15) is 27.5 Å². The summed E-state index contributed by atoms with van der Waals surface area (Å²) in [5, 5.41) is 1.08. The van der Waals surface area contributed by atoms with Crippen LogP contribution in [-0.4, -0.2) is 113 Å². The average Bonchev–Trinajstić information content (AvgIpc) is 3.48. The monoisotopic (exact) mass is 777 g/mol. The van der Waals surface area contributed by atoms with Crippen LogP contribution < -0.4 is 4.74 Å². The molecule has 5 rings (SSSR count). The SMILES string of the molecule is CCOc1ccc(S(=O)(=O)N(C)CC(C)C)cc1C1=NC(c2ccc(Cl)cc2)C(c2ccc(Cl)cc2)N1C(=O)N1CCN(CCS(C)(=O)=O)CC1. The van der Waals surface area contributed by atoms with Crippen molar-refractivity contribution < 1.29 is 26.4 Å². The molecule has 2 amide bonds. The third-order valence-electron chi connectivity index (χ3n) is 8.94. The van der Waals surface area contributed by atoms with E-state index in [4.69, 9.17) is 32.9 Å². The Hall–Kier alpha value is -3.20. The van der Waals surface area contributed by atoms with Crippen molar-refractivity contribution in [1.82, 2.24) is 19.0 Å². The van der Waals surface area contributed by atoms with Crippen molar-refractivity contribution in [2.24, 2.45) is 10.9 Å². The smallest absolute Gasteiger partial charge is 0.326 e. The number of hydrogen-bond acceptors (Lipinski definition) is 8. The van der Waals surface area contributed by atoms with E-state index in [1.54, 1.807) is 53.2 Å². The van der Waals surface area contributed by atoms with E-state index >= 15 is 0 Å². The molecule has 1 saturated heterocycles. The summed E-state index contributed by atoms with van der Waals surface area (Å²) in [5.74, 6) is 0.798. The number of amides is 2. The highest BCUT2D eigenvalue weighted by atomic mass is 35.5. The van der Waals surface area contributed by atoms with Gasteiger partial charge in [0.25, 0.3) is 0 Å². The number of sulfonamides is 1. The minimum absolute atomic E-state index is 0.0388. The number of nitrogens with zero attached hydrogens (tertiary/aromatic N) is 5. The highest BCUT2D eigenvalue weighted by Crippen LogP contribution is 2.46. The van der Waals surface area contributed by atoms with Gasteiger partial charge < -0.3 is 9.64 Å². The van der Waals surface area contributed by atoms with E-state index in [1.807, 2.05) is 49.9 Å². The van der Waals surface area contributed by atoms with E-state index in [0.717, 1.165) is 11.1 Å². The fraction of sp³-hybridized carbons (Fsp3) is 0.444. The fourth-order valence-electron chi connectivity index (χ4n) is 6.38. The maximum absolute atomic E-state index is 14.9. The normalized spacial score (nSPS) is 18.8. The molecule has 0 saturated carbocycles. The first kappa shape index (κ1) is 39.0. The Labute approximate surface area is 311 Å². The lowest BCUT2D eigenvalue weighted by Gasteiger charge is -2.39. The zero-order valence-electron chi connectivity index (χ0n) is 29.5. The molecule has 0 spiro atoms. The van der Waals surface area contributed by atoms with Crippen molar-refractivity contribution in [2.45, 2.75) is 37.8 Å². The fourth-order valence-corrected chi connectivity index (χ4v) is 8.59. The van der Waals surface area contributed by atoms with E-state index < -0.39 is 31.9 Å². The molecule has 11 nitrogen and oxygen atoms in total. The number of carbonyl (C=O) groups excluding carboxylic acids is 1. The molecule has 2 aliphatic rings. The van der Waals surface area contributed by atoms with E-state index in [9.17, 15) is 21.6 Å². The first-order valence-corrected chi connectivity index (χ1v) is 21.1. The largest absolute Gasteiger partial charge is 0.493 e. The summed E-state index contributed by atoms with van der Waals surface area (Å²) in [4.78, 5) is 25.6. The molecule has 2 aliphatic heterocycles. The summed E-state index contributed by atoms with van der Waals surface area (Å²) < 4.78 is 58.7. The van der Waals surface area contributed by atoms with Gasteiger partial charge in [0.2, 0.25) is 10.0 Å². The zero-order valence-corrected chi connectivity index (χ0v) is 32.6. The predicted molar refractivity (Wildman–Crippen MR) is 202 cm³/mol. The van der Waals surface area contributed by atoms with Crippen molar-refractivity contribution >= 4 is 54.9 Å². The molecule has 0 radical (unpaired) electrons. The van der Waals surface area contributed by atoms with Crippen molar-refractivity contribution in [2.75, 3.05) is 64.9 Å². The molecule has 15 heteroatoms. The minimum Gasteiger partial charge on any atom is -0.493 e. The lowest BCUT2D eigenvalue weighted by Crippen LogP contribution is -2.54. The summed E-state index contributed by atoms with van der Waals surface area (Å²) in [6, 6.07) is 17.7. The number of ether oxygens (including phenoxy) is 1. The number of aliphatic imine (C=N–C) groups is 1. The summed E-state index contributed by atoms with van der Waals surface area (Å²) in [6.07, 6.45) is 1.22. The number of halogens is 2. The van der Waals surface area contributed by atoms with Crippen LogP contribution >= 0.6 is 23.2 Å². The molecular formula is C36H45Cl2N5O6S2. The Morgan fingerprint density at radius 3 is 2.06 bits per heavy atom. The molecule has 1 fully saturated rings. The van der Waals surface area contributed by atoms with Gasteiger partial charge in [-0.25, -0.2) is 25.9 Å². The number of sulfone groups is 1. The number of urea groups is 1. The Kier molecular flexibility index (Phi) is 12.4. The Morgan fingerprint density at radius 1 is 0.922 bits per heavy atom. The third kappa shape index (κ3) is 9.24. The molecule has 3 aromatic carbocycles. The van der Waals surface area contributed by atoms with E-state index in [1.165, 1.54) is 16.6 Å². The average molecular weight is 779 g/mol. The van der Waals surface area contributed by atoms with Crippen LogP contribution in [0, 0.1) is 5.92 Å². The van der Waals surface area contributed by atoms with Crippen LogP contribution in [0.4, 0.5) is 4.79 Å². The molecule has 0 aromatic heterocycles. The molecule has 51 heavy (non-hydrogen) atoms. The van der Waals surface area contributed by atoms with Gasteiger partial charge in [-0.05, 0) is 66.4 Å². The molecule has 0 bridgehead atoms. The number of carbonyl (C=O) groups is 1. The minimum atomic E-state index is -3.91. The number of hydrogen-bond donors (Lipinski definition) is 0. The van der Waals surface area contributed by atoms with E-state index in [2.05, 4.69) is 0 Å². The number of benzene rings is 3. The topological polar surface area (TPSA) is 120 Å². The van der Waals surface area contributed by atoms with Gasteiger partial charge in [0, 0.05) is 62.6 Å². The Bertz CT molecular complexity index is 1950. The summed E-state index contributed by atoms with van der Waals surface area (Å²) in [5.41, 5.74) is 1.94. The van der Waals surface area contributed by atoms with Crippen LogP contribution in [0.2, 0.25) is 10.0 Å². The number of amidine groups is 1. The van der Waals surface area contributed by atoms with Crippen LogP contribution in [-0.2, 0) is 19.9 Å². The summed E-state index contributed by atoms with van der Waals surface area (Å²) in [6.45, 7) is 8.44. The van der Waals surface area contributed by atoms with Gasteiger partial charge in [-0.1, -0.05) is 61.3 Å². The Balaban J connectivity index is 1.65. The molecular weight excluding hydrogens is 733 g/mol. The maximum Gasteiger partial charge on any atom is 0.326 e. The van der Waals surface area contributed by atoms with Crippen LogP contribution in [0.5, 0.6) is 5.75 Å². The van der Waals surface area contributed by atoms with Gasteiger partial charge in [-0.3, -0.25) is 14.8 Å². The van der Waals surface area contributed by atoms with Crippen LogP contribution in [0.3, 0.4) is 0 Å². The molecule has 0 N–H and O–H groups in total.